The van der Waals surface area contributed by atoms with Gasteiger partial charge >= 0.3 is 0 Å². The van der Waals surface area contributed by atoms with Crippen LogP contribution in [0.15, 0.2) is 54.6 Å². The van der Waals surface area contributed by atoms with E-state index in [1.807, 2.05) is 0 Å². The van der Waals surface area contributed by atoms with Crippen LogP contribution >= 0.6 is 0 Å². The summed E-state index contributed by atoms with van der Waals surface area (Å²) in [6.07, 6.45) is 32.2. The molecule has 1 saturated carbocycles. The monoisotopic (exact) mass is 540 g/mol. The number of rotatable bonds is 17. The maximum Gasteiger partial charge on any atom is -0.0162 e. The summed E-state index contributed by atoms with van der Waals surface area (Å²) in [5.41, 5.74) is 7.30. The Hall–Kier alpha value is -1.82. The van der Waals surface area contributed by atoms with E-state index >= 15 is 0 Å². The zero-order chi connectivity index (χ0) is 27.8. The molecule has 1 unspecified atom stereocenters. The fraction of sp³-hybridized carbons (Fsp3) is 0.650. The van der Waals surface area contributed by atoms with Crippen molar-refractivity contribution in [3.8, 4) is 11.1 Å². The fourth-order valence-corrected chi connectivity index (χ4v) is 7.45. The Bertz CT molecular complexity index is 954. The van der Waals surface area contributed by atoms with Crippen molar-refractivity contribution in [2.24, 2.45) is 11.8 Å². The van der Waals surface area contributed by atoms with Gasteiger partial charge in [-0.3, -0.25) is 0 Å². The molecule has 0 N–H and O–H groups in total. The standard InChI is InChI=1S/C40H60/c1-3-5-7-9-10-11-12-14-16-34-19-23-36(24-20-34)38-27-31-40(32-28-38)39-29-25-37(26-30-39)35-21-17-33(18-22-35)15-13-8-6-4-2/h21,25-34,36H,3-20,22-24H2,1-2H3/t33?,34-,36-. The molecule has 1 atom stereocenters. The number of benzene rings is 2. The number of unbranched alkanes of at least 4 members (excludes halogenated alkanes) is 10. The van der Waals surface area contributed by atoms with Gasteiger partial charge in [0.15, 0.2) is 0 Å². The third kappa shape index (κ3) is 10.2. The molecule has 0 aliphatic heterocycles. The summed E-state index contributed by atoms with van der Waals surface area (Å²) in [7, 11) is 0. The van der Waals surface area contributed by atoms with Gasteiger partial charge in [-0.15, -0.1) is 0 Å². The summed E-state index contributed by atoms with van der Waals surface area (Å²) < 4.78 is 0. The van der Waals surface area contributed by atoms with Crippen LogP contribution < -0.4 is 0 Å². The largest absolute Gasteiger partial charge is 0.0804 e. The van der Waals surface area contributed by atoms with Gasteiger partial charge in [0, 0.05) is 0 Å². The van der Waals surface area contributed by atoms with E-state index in [1.54, 1.807) is 11.1 Å². The first-order valence-electron chi connectivity index (χ1n) is 17.7. The Morgan fingerprint density at radius 2 is 1.00 bits per heavy atom. The Kier molecular flexibility index (Phi) is 13.9. The van der Waals surface area contributed by atoms with E-state index in [2.05, 4.69) is 68.5 Å². The molecule has 0 amide bonds. The van der Waals surface area contributed by atoms with Crippen LogP contribution in [0.25, 0.3) is 16.7 Å². The summed E-state index contributed by atoms with van der Waals surface area (Å²) in [5.74, 6) is 2.69. The average Bonchev–Trinajstić information content (AvgIpc) is 3.01. The molecule has 2 aliphatic carbocycles. The van der Waals surface area contributed by atoms with Crippen molar-refractivity contribution in [2.45, 2.75) is 155 Å². The molecule has 0 saturated heterocycles. The van der Waals surface area contributed by atoms with Crippen molar-refractivity contribution in [3.63, 3.8) is 0 Å². The summed E-state index contributed by atoms with van der Waals surface area (Å²) in [5, 5.41) is 0. The van der Waals surface area contributed by atoms with Gasteiger partial charge in [0.2, 0.25) is 0 Å². The van der Waals surface area contributed by atoms with Gasteiger partial charge in [-0.25, -0.2) is 0 Å². The summed E-state index contributed by atoms with van der Waals surface area (Å²) in [6, 6.07) is 19.0. The molecule has 4 rings (SSSR count). The van der Waals surface area contributed by atoms with Crippen LogP contribution in [0.2, 0.25) is 0 Å². The maximum atomic E-state index is 2.54. The topological polar surface area (TPSA) is 0 Å². The number of allylic oxidation sites excluding steroid dienone is 2. The van der Waals surface area contributed by atoms with Crippen molar-refractivity contribution in [2.75, 3.05) is 0 Å². The van der Waals surface area contributed by atoms with Crippen molar-refractivity contribution in [1.29, 1.82) is 0 Å². The van der Waals surface area contributed by atoms with Crippen molar-refractivity contribution >= 4 is 5.57 Å². The van der Waals surface area contributed by atoms with Gasteiger partial charge in [0.1, 0.15) is 0 Å². The van der Waals surface area contributed by atoms with Crippen molar-refractivity contribution in [1.82, 2.24) is 0 Å². The van der Waals surface area contributed by atoms with Crippen molar-refractivity contribution < 1.29 is 0 Å². The quantitative estimate of drug-likeness (QED) is 0.175. The Morgan fingerprint density at radius 1 is 0.500 bits per heavy atom. The van der Waals surface area contributed by atoms with E-state index in [4.69, 9.17) is 0 Å². The minimum Gasteiger partial charge on any atom is -0.0804 e. The minimum absolute atomic E-state index is 0.778. The Morgan fingerprint density at radius 3 is 1.57 bits per heavy atom. The molecule has 0 bridgehead atoms. The molecule has 0 nitrogen and oxygen atoms in total. The van der Waals surface area contributed by atoms with Gasteiger partial charge in [-0.2, -0.15) is 0 Å². The first-order valence-corrected chi connectivity index (χ1v) is 17.7. The van der Waals surface area contributed by atoms with E-state index in [0.717, 1.165) is 17.8 Å². The molecule has 0 heteroatoms. The van der Waals surface area contributed by atoms with Crippen LogP contribution in [0.4, 0.5) is 0 Å². The Balaban J connectivity index is 1.16. The molecule has 0 heterocycles. The van der Waals surface area contributed by atoms with E-state index in [9.17, 15) is 0 Å². The second-order valence-electron chi connectivity index (χ2n) is 13.4. The number of hydrogen-bond donors (Lipinski definition) is 0. The lowest BCUT2D eigenvalue weighted by atomic mass is 9.77. The molecule has 0 radical (unpaired) electrons. The molecular weight excluding hydrogens is 480 g/mol. The maximum absolute atomic E-state index is 2.54. The first-order chi connectivity index (χ1) is 19.8. The third-order valence-electron chi connectivity index (χ3n) is 10.3. The van der Waals surface area contributed by atoms with Gasteiger partial charge in [0.25, 0.3) is 0 Å². The fourth-order valence-electron chi connectivity index (χ4n) is 7.45. The van der Waals surface area contributed by atoms with Gasteiger partial charge in [0.05, 0.1) is 0 Å². The highest BCUT2D eigenvalue weighted by molar-refractivity contribution is 5.71. The number of hydrogen-bond acceptors (Lipinski definition) is 0. The van der Waals surface area contributed by atoms with Gasteiger partial charge < -0.3 is 0 Å². The lowest BCUT2D eigenvalue weighted by Gasteiger charge is -2.29. The van der Waals surface area contributed by atoms with Crippen LogP contribution in [-0.4, -0.2) is 0 Å². The van der Waals surface area contributed by atoms with E-state index < -0.39 is 0 Å². The van der Waals surface area contributed by atoms with E-state index in [1.165, 1.54) is 152 Å². The molecule has 2 aromatic rings. The zero-order valence-electron chi connectivity index (χ0n) is 26.3. The first kappa shape index (κ1) is 31.1. The molecule has 0 aromatic heterocycles. The van der Waals surface area contributed by atoms with Crippen molar-refractivity contribution in [3.05, 3.63) is 65.7 Å². The SMILES string of the molecule is CCCCCCCCCC[C@H]1CC[C@H](c2ccc(-c3ccc(C4=CCC(CCCCCC)CC4)cc3)cc2)CC1. The third-order valence-corrected chi connectivity index (χ3v) is 10.3. The molecule has 1 fully saturated rings. The van der Waals surface area contributed by atoms with Crippen LogP contribution in [0.3, 0.4) is 0 Å². The van der Waals surface area contributed by atoms with Crippen LogP contribution in [0, 0.1) is 11.8 Å². The van der Waals surface area contributed by atoms with E-state index in [-0.39, 0.29) is 0 Å². The second-order valence-corrected chi connectivity index (χ2v) is 13.4. The molecule has 40 heavy (non-hydrogen) atoms. The smallest absolute Gasteiger partial charge is 0.0162 e. The van der Waals surface area contributed by atoms with Crippen LogP contribution in [0.1, 0.15) is 166 Å². The molecule has 220 valence electrons. The summed E-state index contributed by atoms with van der Waals surface area (Å²) >= 11 is 0. The zero-order valence-corrected chi connectivity index (χ0v) is 26.3. The molecule has 0 spiro atoms. The summed E-state index contributed by atoms with van der Waals surface area (Å²) in [6.45, 7) is 4.61. The average molecular weight is 541 g/mol. The lowest BCUT2D eigenvalue weighted by molar-refractivity contribution is 0.302. The Labute approximate surface area is 248 Å². The predicted octanol–water partition coefficient (Wildman–Crippen LogP) is 13.3. The lowest BCUT2D eigenvalue weighted by Crippen LogP contribution is -2.13. The summed E-state index contributed by atoms with van der Waals surface area (Å²) in [4.78, 5) is 0. The highest BCUT2D eigenvalue weighted by atomic mass is 14.3. The normalized spacial score (nSPS) is 21.4. The van der Waals surface area contributed by atoms with Crippen LogP contribution in [0.5, 0.6) is 0 Å². The van der Waals surface area contributed by atoms with Crippen LogP contribution in [-0.2, 0) is 0 Å². The van der Waals surface area contributed by atoms with Gasteiger partial charge in [-0.05, 0) is 90.5 Å². The molecular formula is C40H60. The molecule has 2 aliphatic rings. The predicted molar refractivity (Wildman–Crippen MR) is 178 cm³/mol. The van der Waals surface area contributed by atoms with E-state index in [0.29, 0.717) is 0 Å². The molecule has 2 aromatic carbocycles. The van der Waals surface area contributed by atoms with Gasteiger partial charge in [-0.1, -0.05) is 158 Å². The highest BCUT2D eigenvalue weighted by Gasteiger charge is 2.22. The second kappa shape index (κ2) is 17.9. The minimum atomic E-state index is 0.778. The highest BCUT2D eigenvalue weighted by Crippen LogP contribution is 2.39.